The first kappa shape index (κ1) is 11.0. The lowest BCUT2D eigenvalue weighted by atomic mass is 10.2. The largest absolute Gasteiger partial charge is 0.506 e. The molecule has 0 fully saturated rings. The standard InChI is InChI=1S/C13H10ClN3O/c14-8-9-5-6-13(18)12(7-9)17-15-10-3-1-2-4-11(10)16-17/h1-7,18H,8H2. The number of rotatable bonds is 2. The number of fused-ring (bicyclic) bond motifs is 1. The zero-order chi connectivity index (χ0) is 12.5. The Bertz CT molecular complexity index is 675. The molecule has 0 unspecified atom stereocenters. The molecule has 3 aromatic rings. The fourth-order valence-electron chi connectivity index (χ4n) is 1.78. The van der Waals surface area contributed by atoms with E-state index in [0.717, 1.165) is 16.6 Å². The Kier molecular flexibility index (Phi) is 2.64. The van der Waals surface area contributed by atoms with Crippen LogP contribution in [0.1, 0.15) is 5.56 Å². The van der Waals surface area contributed by atoms with Crippen LogP contribution >= 0.6 is 11.6 Å². The molecule has 3 rings (SSSR count). The minimum atomic E-state index is 0.129. The Morgan fingerprint density at radius 2 is 1.72 bits per heavy atom. The maximum Gasteiger partial charge on any atom is 0.143 e. The van der Waals surface area contributed by atoms with Gasteiger partial charge in [-0.15, -0.1) is 26.6 Å². The smallest absolute Gasteiger partial charge is 0.143 e. The van der Waals surface area contributed by atoms with E-state index in [1.165, 1.54) is 4.80 Å². The zero-order valence-corrected chi connectivity index (χ0v) is 10.2. The summed E-state index contributed by atoms with van der Waals surface area (Å²) in [5.74, 6) is 0.512. The van der Waals surface area contributed by atoms with E-state index in [4.69, 9.17) is 11.6 Å². The Labute approximate surface area is 108 Å². The van der Waals surface area contributed by atoms with Crippen molar-refractivity contribution >= 4 is 22.6 Å². The highest BCUT2D eigenvalue weighted by Crippen LogP contribution is 2.23. The van der Waals surface area contributed by atoms with Gasteiger partial charge in [-0.2, -0.15) is 0 Å². The molecule has 1 aromatic heterocycles. The third kappa shape index (κ3) is 1.80. The number of hydrogen-bond donors (Lipinski definition) is 1. The lowest BCUT2D eigenvalue weighted by Gasteiger charge is -2.04. The SMILES string of the molecule is Oc1ccc(CCl)cc1-n1nc2ccccc2n1. The highest BCUT2D eigenvalue weighted by atomic mass is 35.5. The molecule has 4 nitrogen and oxygen atoms in total. The molecule has 0 bridgehead atoms. The minimum absolute atomic E-state index is 0.129. The highest BCUT2D eigenvalue weighted by Gasteiger charge is 2.09. The van der Waals surface area contributed by atoms with E-state index in [1.54, 1.807) is 18.2 Å². The summed E-state index contributed by atoms with van der Waals surface area (Å²) in [6.45, 7) is 0. The van der Waals surface area contributed by atoms with Crippen LogP contribution in [0.3, 0.4) is 0 Å². The van der Waals surface area contributed by atoms with Crippen LogP contribution in [0.2, 0.25) is 0 Å². The molecule has 0 aliphatic heterocycles. The lowest BCUT2D eigenvalue weighted by molar-refractivity contribution is 0.467. The topological polar surface area (TPSA) is 50.9 Å². The summed E-state index contributed by atoms with van der Waals surface area (Å²) >= 11 is 5.79. The molecule has 0 saturated carbocycles. The van der Waals surface area contributed by atoms with Crippen LogP contribution in [0.25, 0.3) is 16.7 Å². The van der Waals surface area contributed by atoms with Crippen molar-refractivity contribution < 1.29 is 5.11 Å². The van der Waals surface area contributed by atoms with E-state index in [1.807, 2.05) is 24.3 Å². The fraction of sp³-hybridized carbons (Fsp3) is 0.0769. The van der Waals surface area contributed by atoms with Crippen LogP contribution in [-0.2, 0) is 5.88 Å². The van der Waals surface area contributed by atoms with Gasteiger partial charge >= 0.3 is 0 Å². The molecule has 18 heavy (non-hydrogen) atoms. The molecule has 0 aliphatic rings. The third-order valence-electron chi connectivity index (χ3n) is 2.70. The number of hydrogen-bond acceptors (Lipinski definition) is 3. The molecule has 1 heterocycles. The van der Waals surface area contributed by atoms with E-state index >= 15 is 0 Å². The van der Waals surface area contributed by atoms with Gasteiger partial charge in [0.15, 0.2) is 0 Å². The quantitative estimate of drug-likeness (QED) is 0.720. The van der Waals surface area contributed by atoms with E-state index < -0.39 is 0 Å². The van der Waals surface area contributed by atoms with Gasteiger partial charge in [-0.3, -0.25) is 0 Å². The Hall–Kier alpha value is -2.07. The van der Waals surface area contributed by atoms with Crippen molar-refractivity contribution in [3.05, 3.63) is 48.0 Å². The molecule has 1 N–H and O–H groups in total. The molecular weight excluding hydrogens is 250 g/mol. The van der Waals surface area contributed by atoms with Crippen molar-refractivity contribution in [2.24, 2.45) is 0 Å². The molecule has 0 atom stereocenters. The van der Waals surface area contributed by atoms with Gasteiger partial charge in [0.05, 0.1) is 0 Å². The van der Waals surface area contributed by atoms with Gasteiger partial charge in [0.2, 0.25) is 0 Å². The summed E-state index contributed by atoms with van der Waals surface area (Å²) in [7, 11) is 0. The summed E-state index contributed by atoms with van der Waals surface area (Å²) < 4.78 is 0. The van der Waals surface area contributed by atoms with E-state index in [-0.39, 0.29) is 5.75 Å². The molecule has 2 aromatic carbocycles. The fourth-order valence-corrected chi connectivity index (χ4v) is 1.95. The monoisotopic (exact) mass is 259 g/mol. The Morgan fingerprint density at radius 3 is 2.33 bits per heavy atom. The van der Waals surface area contributed by atoms with Crippen LogP contribution in [0.15, 0.2) is 42.5 Å². The summed E-state index contributed by atoms with van der Waals surface area (Å²) in [6.07, 6.45) is 0. The Balaban J connectivity index is 2.19. The van der Waals surface area contributed by atoms with E-state index in [2.05, 4.69) is 10.2 Å². The number of phenols is 1. The molecule has 90 valence electrons. The predicted octanol–water partition coefficient (Wildman–Crippen LogP) is 2.86. The van der Waals surface area contributed by atoms with Gasteiger partial charge in [-0.1, -0.05) is 18.2 Å². The predicted molar refractivity (Wildman–Crippen MR) is 70.1 cm³/mol. The van der Waals surface area contributed by atoms with Crippen LogP contribution < -0.4 is 0 Å². The highest BCUT2D eigenvalue weighted by molar-refractivity contribution is 6.17. The normalized spacial score (nSPS) is 10.9. The number of phenolic OH excluding ortho intramolecular Hbond substituents is 1. The number of halogens is 1. The maximum atomic E-state index is 9.87. The maximum absolute atomic E-state index is 9.87. The van der Waals surface area contributed by atoms with Crippen LogP contribution in [-0.4, -0.2) is 20.1 Å². The van der Waals surface area contributed by atoms with Crippen LogP contribution in [0.5, 0.6) is 5.75 Å². The minimum Gasteiger partial charge on any atom is -0.506 e. The van der Waals surface area contributed by atoms with Crippen molar-refractivity contribution in [3.8, 4) is 11.4 Å². The average molecular weight is 260 g/mol. The van der Waals surface area contributed by atoms with Gasteiger partial charge in [0.1, 0.15) is 22.5 Å². The third-order valence-corrected chi connectivity index (χ3v) is 3.00. The van der Waals surface area contributed by atoms with Crippen LogP contribution in [0, 0.1) is 0 Å². The first-order valence-electron chi connectivity index (χ1n) is 5.48. The summed E-state index contributed by atoms with van der Waals surface area (Å²) in [4.78, 5) is 1.43. The number of nitrogens with zero attached hydrogens (tertiary/aromatic N) is 3. The second kappa shape index (κ2) is 4.31. The van der Waals surface area contributed by atoms with Crippen molar-refractivity contribution in [1.29, 1.82) is 0 Å². The number of aromatic nitrogens is 3. The molecule has 0 aliphatic carbocycles. The van der Waals surface area contributed by atoms with Crippen LogP contribution in [0.4, 0.5) is 0 Å². The second-order valence-corrected chi connectivity index (χ2v) is 4.20. The zero-order valence-electron chi connectivity index (χ0n) is 9.42. The van der Waals surface area contributed by atoms with Gasteiger partial charge in [-0.25, -0.2) is 0 Å². The van der Waals surface area contributed by atoms with Gasteiger partial charge in [-0.05, 0) is 29.8 Å². The average Bonchev–Trinajstić information content (AvgIpc) is 2.82. The Morgan fingerprint density at radius 1 is 1.06 bits per heavy atom. The number of aromatic hydroxyl groups is 1. The van der Waals surface area contributed by atoms with Crippen molar-refractivity contribution in [3.63, 3.8) is 0 Å². The van der Waals surface area contributed by atoms with Gasteiger partial charge in [0, 0.05) is 5.88 Å². The molecule has 0 saturated heterocycles. The summed E-state index contributed by atoms with van der Waals surface area (Å²) in [5.41, 5.74) is 3.01. The number of alkyl halides is 1. The molecule has 0 amide bonds. The molecule has 5 heteroatoms. The van der Waals surface area contributed by atoms with Gasteiger partial charge in [0.25, 0.3) is 0 Å². The summed E-state index contributed by atoms with van der Waals surface area (Å²) in [6, 6.07) is 12.7. The number of benzene rings is 2. The van der Waals surface area contributed by atoms with Gasteiger partial charge < -0.3 is 5.11 Å². The second-order valence-electron chi connectivity index (χ2n) is 3.93. The first-order valence-corrected chi connectivity index (χ1v) is 6.02. The first-order chi connectivity index (χ1) is 8.78. The van der Waals surface area contributed by atoms with Crippen molar-refractivity contribution in [2.75, 3.05) is 0 Å². The molecule has 0 radical (unpaired) electrons. The summed E-state index contributed by atoms with van der Waals surface area (Å²) in [5, 5.41) is 18.5. The molecular formula is C13H10ClN3O. The van der Waals surface area contributed by atoms with E-state index in [9.17, 15) is 5.11 Å². The lowest BCUT2D eigenvalue weighted by Crippen LogP contribution is -1.99. The van der Waals surface area contributed by atoms with Crippen molar-refractivity contribution in [2.45, 2.75) is 5.88 Å². The van der Waals surface area contributed by atoms with E-state index in [0.29, 0.717) is 11.6 Å². The molecule has 0 spiro atoms. The van der Waals surface area contributed by atoms with Crippen molar-refractivity contribution in [1.82, 2.24) is 15.0 Å².